The Labute approximate surface area is 112 Å². The first-order valence-electron chi connectivity index (χ1n) is 6.37. The van der Waals surface area contributed by atoms with Crippen LogP contribution >= 0.6 is 0 Å². The molecule has 0 fully saturated rings. The molecule has 100 valence electrons. The van der Waals surface area contributed by atoms with Gasteiger partial charge in [0.05, 0.1) is 0 Å². The molecule has 1 unspecified atom stereocenters. The second kappa shape index (κ2) is 4.96. The van der Waals surface area contributed by atoms with E-state index in [1.807, 2.05) is 13.8 Å². The van der Waals surface area contributed by atoms with Crippen molar-refractivity contribution in [2.75, 3.05) is 0 Å². The Balaban J connectivity index is 2.43. The summed E-state index contributed by atoms with van der Waals surface area (Å²) in [5.74, 6) is -0.370. The molecule has 0 radical (unpaired) electrons. The van der Waals surface area contributed by atoms with E-state index in [-0.39, 0.29) is 18.6 Å². The highest BCUT2D eigenvalue weighted by atomic mass is 16.6. The van der Waals surface area contributed by atoms with Gasteiger partial charge in [-0.05, 0) is 20.3 Å². The SMILES string of the molecule is CC1=C(C)CC(C(=O)c2ccccc2)([N+](=O)[O-])CC1. The summed E-state index contributed by atoms with van der Waals surface area (Å²) < 4.78 is 0. The molecule has 0 N–H and O–H groups in total. The third-order valence-corrected chi connectivity index (χ3v) is 4.01. The van der Waals surface area contributed by atoms with Crippen LogP contribution in [0.5, 0.6) is 0 Å². The summed E-state index contributed by atoms with van der Waals surface area (Å²) in [6, 6.07) is 8.56. The van der Waals surface area contributed by atoms with Gasteiger partial charge in [-0.2, -0.15) is 0 Å². The molecule has 0 bridgehead atoms. The number of hydrogen-bond donors (Lipinski definition) is 0. The van der Waals surface area contributed by atoms with Gasteiger partial charge in [0.15, 0.2) is 0 Å². The van der Waals surface area contributed by atoms with Gasteiger partial charge in [-0.25, -0.2) is 0 Å². The number of ketones is 1. The van der Waals surface area contributed by atoms with Gasteiger partial charge < -0.3 is 0 Å². The molecule has 1 atom stereocenters. The van der Waals surface area contributed by atoms with E-state index in [1.54, 1.807) is 30.3 Å². The van der Waals surface area contributed by atoms with Crippen LogP contribution < -0.4 is 0 Å². The van der Waals surface area contributed by atoms with Gasteiger partial charge in [0.2, 0.25) is 5.78 Å². The van der Waals surface area contributed by atoms with Crippen molar-refractivity contribution in [2.45, 2.75) is 38.6 Å². The van der Waals surface area contributed by atoms with Crippen LogP contribution in [0.2, 0.25) is 0 Å². The normalized spacial score (nSPS) is 23.3. The maximum atomic E-state index is 12.6. The average Bonchev–Trinajstić information content (AvgIpc) is 2.42. The van der Waals surface area contributed by atoms with E-state index in [9.17, 15) is 14.9 Å². The first-order valence-corrected chi connectivity index (χ1v) is 6.37. The van der Waals surface area contributed by atoms with E-state index < -0.39 is 10.5 Å². The van der Waals surface area contributed by atoms with E-state index >= 15 is 0 Å². The molecule has 0 saturated heterocycles. The molecule has 2 rings (SSSR count). The summed E-state index contributed by atoms with van der Waals surface area (Å²) in [7, 11) is 0. The topological polar surface area (TPSA) is 60.2 Å². The lowest BCUT2D eigenvalue weighted by atomic mass is 9.75. The maximum Gasteiger partial charge on any atom is 0.287 e. The number of nitro groups is 1. The van der Waals surface area contributed by atoms with Gasteiger partial charge >= 0.3 is 0 Å². The second-order valence-electron chi connectivity index (χ2n) is 5.22. The molecular weight excluding hydrogens is 242 g/mol. The van der Waals surface area contributed by atoms with Gasteiger partial charge in [0, 0.05) is 23.3 Å². The van der Waals surface area contributed by atoms with E-state index in [1.165, 1.54) is 5.57 Å². The molecule has 1 aliphatic rings. The fourth-order valence-electron chi connectivity index (χ4n) is 2.58. The highest BCUT2D eigenvalue weighted by Gasteiger charge is 2.52. The standard InChI is InChI=1S/C15H17NO3/c1-11-8-9-15(16(18)19,10-12(11)2)14(17)13-6-4-3-5-7-13/h3-7H,8-10H2,1-2H3. The predicted molar refractivity (Wildman–Crippen MR) is 72.7 cm³/mol. The van der Waals surface area contributed by atoms with Crippen LogP contribution in [0, 0.1) is 10.1 Å². The summed E-state index contributed by atoms with van der Waals surface area (Å²) in [5, 5.41) is 11.5. The summed E-state index contributed by atoms with van der Waals surface area (Å²) in [5.41, 5.74) is 1.07. The van der Waals surface area contributed by atoms with E-state index in [0.29, 0.717) is 12.0 Å². The molecule has 4 nitrogen and oxygen atoms in total. The molecule has 0 heterocycles. The molecule has 19 heavy (non-hydrogen) atoms. The molecule has 0 saturated carbocycles. The van der Waals surface area contributed by atoms with Crippen LogP contribution in [0.4, 0.5) is 0 Å². The lowest BCUT2D eigenvalue weighted by Crippen LogP contribution is -2.48. The fourth-order valence-corrected chi connectivity index (χ4v) is 2.58. The van der Waals surface area contributed by atoms with Crippen molar-refractivity contribution >= 4 is 5.78 Å². The highest BCUT2D eigenvalue weighted by molar-refractivity contribution is 6.02. The number of hydrogen-bond acceptors (Lipinski definition) is 3. The molecule has 4 heteroatoms. The maximum absolute atomic E-state index is 12.6. The zero-order valence-corrected chi connectivity index (χ0v) is 11.2. The molecule has 0 amide bonds. The van der Waals surface area contributed by atoms with Crippen molar-refractivity contribution in [3.8, 4) is 0 Å². The monoisotopic (exact) mass is 259 g/mol. The van der Waals surface area contributed by atoms with E-state index in [0.717, 1.165) is 5.57 Å². The molecule has 0 aliphatic heterocycles. The third-order valence-electron chi connectivity index (χ3n) is 4.01. The zero-order valence-electron chi connectivity index (χ0n) is 11.2. The molecule has 0 aromatic heterocycles. The van der Waals surface area contributed by atoms with Crippen LogP contribution in [0.3, 0.4) is 0 Å². The quantitative estimate of drug-likeness (QED) is 0.362. The molecule has 0 spiro atoms. The van der Waals surface area contributed by atoms with Crippen molar-refractivity contribution in [1.82, 2.24) is 0 Å². The Bertz CT molecular complexity index is 548. The van der Waals surface area contributed by atoms with Crippen molar-refractivity contribution in [3.63, 3.8) is 0 Å². The number of rotatable bonds is 3. The lowest BCUT2D eigenvalue weighted by Gasteiger charge is -2.29. The number of carbonyl (C=O) groups is 1. The first-order chi connectivity index (χ1) is 8.97. The van der Waals surface area contributed by atoms with Crippen LogP contribution in [-0.2, 0) is 0 Å². The largest absolute Gasteiger partial charge is 0.287 e. The Hall–Kier alpha value is -1.97. The fraction of sp³-hybridized carbons (Fsp3) is 0.400. The van der Waals surface area contributed by atoms with E-state index in [4.69, 9.17) is 0 Å². The van der Waals surface area contributed by atoms with Crippen LogP contribution in [0.15, 0.2) is 41.5 Å². The minimum atomic E-state index is -1.48. The van der Waals surface area contributed by atoms with Crippen molar-refractivity contribution in [2.24, 2.45) is 0 Å². The number of benzene rings is 1. The Morgan fingerprint density at radius 3 is 2.37 bits per heavy atom. The summed E-state index contributed by atoms with van der Waals surface area (Å²) in [4.78, 5) is 23.7. The second-order valence-corrected chi connectivity index (χ2v) is 5.22. The molecule has 1 aromatic rings. The molecule has 1 aromatic carbocycles. The van der Waals surface area contributed by atoms with Gasteiger partial charge in [0.1, 0.15) is 0 Å². The number of carbonyl (C=O) groups excluding carboxylic acids is 1. The summed E-state index contributed by atoms with van der Waals surface area (Å²) >= 11 is 0. The third kappa shape index (κ3) is 2.30. The summed E-state index contributed by atoms with van der Waals surface area (Å²) in [6.45, 7) is 3.86. The van der Waals surface area contributed by atoms with Gasteiger partial charge in [0.25, 0.3) is 5.54 Å². The van der Waals surface area contributed by atoms with Crippen molar-refractivity contribution in [1.29, 1.82) is 0 Å². The lowest BCUT2D eigenvalue weighted by molar-refractivity contribution is -0.551. The Kier molecular flexibility index (Phi) is 3.51. The van der Waals surface area contributed by atoms with Crippen LogP contribution in [0.25, 0.3) is 0 Å². The number of Topliss-reactive ketones (excluding diaryl/α,β-unsaturated/α-hetero) is 1. The number of allylic oxidation sites excluding steroid dienone is 1. The molecular formula is C15H17NO3. The van der Waals surface area contributed by atoms with Crippen LogP contribution in [0.1, 0.15) is 43.5 Å². The van der Waals surface area contributed by atoms with Crippen molar-refractivity contribution in [3.05, 3.63) is 57.2 Å². The minimum absolute atomic E-state index is 0.222. The smallest absolute Gasteiger partial charge is 0.286 e. The Morgan fingerprint density at radius 1 is 1.21 bits per heavy atom. The average molecular weight is 259 g/mol. The van der Waals surface area contributed by atoms with E-state index in [2.05, 4.69) is 0 Å². The van der Waals surface area contributed by atoms with Gasteiger partial charge in [-0.15, -0.1) is 0 Å². The van der Waals surface area contributed by atoms with Crippen molar-refractivity contribution < 1.29 is 9.72 Å². The minimum Gasteiger partial charge on any atom is -0.286 e. The van der Waals surface area contributed by atoms with Gasteiger partial charge in [-0.1, -0.05) is 41.5 Å². The Morgan fingerprint density at radius 2 is 1.84 bits per heavy atom. The highest BCUT2D eigenvalue weighted by Crippen LogP contribution is 2.37. The molecule has 1 aliphatic carbocycles. The van der Waals surface area contributed by atoms with Crippen LogP contribution in [-0.4, -0.2) is 16.2 Å². The summed E-state index contributed by atoms with van der Waals surface area (Å²) in [6.07, 6.45) is 1.13. The number of nitrogens with zero attached hydrogens (tertiary/aromatic N) is 1. The first kappa shape index (κ1) is 13.5. The predicted octanol–water partition coefficient (Wildman–Crippen LogP) is 3.41. The zero-order chi connectivity index (χ0) is 14.0. The van der Waals surface area contributed by atoms with Gasteiger partial charge in [-0.3, -0.25) is 14.9 Å².